The van der Waals surface area contributed by atoms with Gasteiger partial charge in [0, 0.05) is 0 Å². The summed E-state index contributed by atoms with van der Waals surface area (Å²) < 4.78 is 0. The van der Waals surface area contributed by atoms with Crippen molar-refractivity contribution in [1.82, 2.24) is 4.98 Å². The fourth-order valence-corrected chi connectivity index (χ4v) is 0.773. The van der Waals surface area contributed by atoms with E-state index >= 15 is 0 Å². The molecule has 9 heteroatoms. The molecule has 0 aromatic carbocycles. The van der Waals surface area contributed by atoms with Gasteiger partial charge in [0.15, 0.2) is 10.1 Å². The summed E-state index contributed by atoms with van der Waals surface area (Å²) >= 11 is 0. The number of hydrogen-bond acceptors (Lipinski definition) is 5. The van der Waals surface area contributed by atoms with Crippen LogP contribution in [0.1, 0.15) is 0 Å². The van der Waals surface area contributed by atoms with Gasteiger partial charge in [0.25, 0.3) is 0 Å². The van der Waals surface area contributed by atoms with Gasteiger partial charge >= 0.3 is 0 Å². The summed E-state index contributed by atoms with van der Waals surface area (Å²) in [4.78, 5) is 23.6. The molecule has 1 heterocycles. The van der Waals surface area contributed by atoms with Crippen LogP contribution in [0.3, 0.4) is 0 Å². The molecule has 0 saturated carbocycles. The van der Waals surface area contributed by atoms with Crippen molar-refractivity contribution in [3.8, 4) is 0 Å². The number of hydrazine groups is 2. The maximum atomic E-state index is 10.0. The van der Waals surface area contributed by atoms with Crippen LogP contribution in [-0.4, -0.2) is 15.0 Å². The first-order chi connectivity index (χ1) is 6.58. The molecule has 0 aliphatic rings. The topological polar surface area (TPSA) is 123 Å². The molecule has 0 aliphatic carbocycles. The van der Waals surface area contributed by atoms with E-state index in [1.807, 2.05) is 10.9 Å². The third kappa shape index (κ3) is 2.89. The largest absolute Gasteiger partial charge is 0.260 e. The Kier molecular flexibility index (Phi) is 2.74. The second-order valence-electron chi connectivity index (χ2n) is 2.20. The number of nitrogens with zero attached hydrogens (tertiary/aromatic N) is 3. The standard InChI is InChI=1S/C5H5N5O4/c11-9(12)7-4-1-5(3-6-2-4)8-10(13)14/h1-3,7-8H. The molecule has 9 nitrogen and oxygen atoms in total. The van der Waals surface area contributed by atoms with Crippen molar-refractivity contribution in [2.24, 2.45) is 0 Å². The summed E-state index contributed by atoms with van der Waals surface area (Å²) in [7, 11) is 0. The van der Waals surface area contributed by atoms with Crippen molar-refractivity contribution in [2.45, 2.75) is 0 Å². The van der Waals surface area contributed by atoms with Crippen molar-refractivity contribution in [3.63, 3.8) is 0 Å². The number of nitrogens with one attached hydrogen (secondary N) is 2. The second-order valence-corrected chi connectivity index (χ2v) is 2.20. The summed E-state index contributed by atoms with van der Waals surface area (Å²) in [5, 5.41) is 18.5. The average Bonchev–Trinajstić information content (AvgIpc) is 2.01. The van der Waals surface area contributed by atoms with E-state index in [4.69, 9.17) is 0 Å². The predicted molar refractivity (Wildman–Crippen MR) is 45.5 cm³/mol. The van der Waals surface area contributed by atoms with Crippen LogP contribution in [0.5, 0.6) is 0 Å². The molecule has 2 N–H and O–H groups in total. The van der Waals surface area contributed by atoms with E-state index in [0.717, 1.165) is 0 Å². The highest BCUT2D eigenvalue weighted by Gasteiger charge is 2.04. The van der Waals surface area contributed by atoms with Crippen LogP contribution in [-0.2, 0) is 0 Å². The Hall–Kier alpha value is -2.45. The summed E-state index contributed by atoms with van der Waals surface area (Å²) in [5.41, 5.74) is 3.75. The van der Waals surface area contributed by atoms with Gasteiger partial charge in [-0.15, -0.1) is 10.9 Å². The van der Waals surface area contributed by atoms with Crippen molar-refractivity contribution in [1.29, 1.82) is 0 Å². The number of aromatic nitrogens is 1. The van der Waals surface area contributed by atoms with E-state index in [2.05, 4.69) is 4.98 Å². The van der Waals surface area contributed by atoms with Crippen LogP contribution in [0.2, 0.25) is 0 Å². The van der Waals surface area contributed by atoms with Crippen molar-refractivity contribution >= 4 is 11.4 Å². The lowest BCUT2D eigenvalue weighted by Crippen LogP contribution is -2.11. The first-order valence-corrected chi connectivity index (χ1v) is 3.35. The van der Waals surface area contributed by atoms with Gasteiger partial charge in [-0.3, -0.25) is 4.98 Å². The Morgan fingerprint density at radius 2 is 1.50 bits per heavy atom. The van der Waals surface area contributed by atoms with E-state index in [9.17, 15) is 20.2 Å². The summed E-state index contributed by atoms with van der Waals surface area (Å²) in [6, 6.07) is 1.19. The molecular weight excluding hydrogens is 194 g/mol. The van der Waals surface area contributed by atoms with Crippen LogP contribution in [0, 0.1) is 20.2 Å². The highest BCUT2D eigenvalue weighted by atomic mass is 16.7. The van der Waals surface area contributed by atoms with E-state index in [1.165, 1.54) is 18.5 Å². The SMILES string of the molecule is O=[N+]([O-])Nc1cncc(N[N+](=O)[O-])c1. The maximum Gasteiger partial charge on any atom is 0.162 e. The minimum Gasteiger partial charge on any atom is -0.260 e. The number of anilines is 2. The Bertz CT molecular complexity index is 336. The van der Waals surface area contributed by atoms with Gasteiger partial charge in [-0.1, -0.05) is 0 Å². The highest BCUT2D eigenvalue weighted by molar-refractivity contribution is 5.51. The third-order valence-corrected chi connectivity index (χ3v) is 1.18. The molecule has 0 amide bonds. The number of nitro groups is 2. The average molecular weight is 199 g/mol. The Morgan fingerprint density at radius 3 is 1.86 bits per heavy atom. The lowest BCUT2D eigenvalue weighted by atomic mass is 10.4. The molecule has 0 unspecified atom stereocenters. The molecule has 0 radical (unpaired) electrons. The zero-order valence-corrected chi connectivity index (χ0v) is 6.71. The molecule has 1 aromatic rings. The maximum absolute atomic E-state index is 10.0. The molecule has 0 aliphatic heterocycles. The van der Waals surface area contributed by atoms with Crippen molar-refractivity contribution < 1.29 is 10.1 Å². The number of hydrogen-bond donors (Lipinski definition) is 2. The van der Waals surface area contributed by atoms with Gasteiger partial charge in [0.05, 0.1) is 12.4 Å². The third-order valence-electron chi connectivity index (χ3n) is 1.18. The first-order valence-electron chi connectivity index (χ1n) is 3.35. The summed E-state index contributed by atoms with van der Waals surface area (Å²) in [6.45, 7) is 0. The highest BCUT2D eigenvalue weighted by Crippen LogP contribution is 2.12. The molecule has 1 aromatic heterocycles. The number of rotatable bonds is 4. The van der Waals surface area contributed by atoms with Crippen LogP contribution < -0.4 is 10.9 Å². The minimum atomic E-state index is -0.785. The zero-order chi connectivity index (χ0) is 10.6. The van der Waals surface area contributed by atoms with E-state index in [-0.39, 0.29) is 11.4 Å². The monoisotopic (exact) mass is 199 g/mol. The van der Waals surface area contributed by atoms with Gasteiger partial charge in [0.2, 0.25) is 0 Å². The van der Waals surface area contributed by atoms with Crippen molar-refractivity contribution in [3.05, 3.63) is 38.7 Å². The molecule has 0 saturated heterocycles. The second kappa shape index (κ2) is 3.98. The summed E-state index contributed by atoms with van der Waals surface area (Å²) in [5.74, 6) is 0. The van der Waals surface area contributed by atoms with Gasteiger partial charge < -0.3 is 0 Å². The molecule has 0 fully saturated rings. The van der Waals surface area contributed by atoms with Gasteiger partial charge in [-0.05, 0) is 6.07 Å². The molecular formula is C5H5N5O4. The van der Waals surface area contributed by atoms with Gasteiger partial charge in [-0.25, -0.2) is 20.2 Å². The summed E-state index contributed by atoms with van der Waals surface area (Å²) in [6.07, 6.45) is 2.35. The van der Waals surface area contributed by atoms with Gasteiger partial charge in [0.1, 0.15) is 11.4 Å². The fraction of sp³-hybridized carbons (Fsp3) is 0. The van der Waals surface area contributed by atoms with E-state index < -0.39 is 10.1 Å². The molecule has 74 valence electrons. The predicted octanol–water partition coefficient (Wildman–Crippen LogP) is 0.289. The minimum absolute atomic E-state index is 0.0573. The number of pyridine rings is 1. The van der Waals surface area contributed by atoms with Crippen LogP contribution in [0.25, 0.3) is 0 Å². The fourth-order valence-electron chi connectivity index (χ4n) is 0.773. The molecule has 0 bridgehead atoms. The lowest BCUT2D eigenvalue weighted by molar-refractivity contribution is -0.446. The van der Waals surface area contributed by atoms with Crippen molar-refractivity contribution in [2.75, 3.05) is 10.9 Å². The van der Waals surface area contributed by atoms with Gasteiger partial charge in [-0.2, -0.15) is 0 Å². The zero-order valence-electron chi connectivity index (χ0n) is 6.71. The van der Waals surface area contributed by atoms with Crippen LogP contribution >= 0.6 is 0 Å². The Labute approximate surface area is 77.0 Å². The normalized spacial score (nSPS) is 9.14. The molecule has 0 atom stereocenters. The lowest BCUT2D eigenvalue weighted by Gasteiger charge is -1.98. The quantitative estimate of drug-likeness (QED) is 0.527. The Morgan fingerprint density at radius 1 is 1.07 bits per heavy atom. The van der Waals surface area contributed by atoms with Crippen LogP contribution in [0.4, 0.5) is 11.4 Å². The molecule has 14 heavy (non-hydrogen) atoms. The first kappa shape index (κ1) is 9.64. The van der Waals surface area contributed by atoms with Crippen LogP contribution in [0.15, 0.2) is 18.5 Å². The Balaban J connectivity index is 2.78. The smallest absolute Gasteiger partial charge is 0.162 e. The van der Waals surface area contributed by atoms with E-state index in [0.29, 0.717) is 0 Å². The molecule has 0 spiro atoms. The molecule has 1 rings (SSSR count). The van der Waals surface area contributed by atoms with E-state index in [1.54, 1.807) is 0 Å².